The van der Waals surface area contributed by atoms with Gasteiger partial charge >= 0.3 is 6.18 Å². The van der Waals surface area contributed by atoms with Crippen LogP contribution in [0, 0.1) is 0 Å². The van der Waals surface area contributed by atoms with Crippen LogP contribution in [-0.2, 0) is 12.6 Å². The van der Waals surface area contributed by atoms with Crippen molar-refractivity contribution in [2.45, 2.75) is 19.5 Å². The Morgan fingerprint density at radius 3 is 2.67 bits per heavy atom. The minimum atomic E-state index is -4.58. The highest BCUT2D eigenvalue weighted by molar-refractivity contribution is 5.24. The molecule has 0 amide bonds. The quantitative estimate of drug-likeness (QED) is 0.896. The molecule has 2 aromatic heterocycles. The summed E-state index contributed by atoms with van der Waals surface area (Å²) in [6, 6.07) is 5.36. The SMILES string of the molecule is CCc1cccc(-n2[nH]c(C(F)(F)F)cc2=O)n1. The van der Waals surface area contributed by atoms with E-state index in [4.69, 9.17) is 0 Å². The van der Waals surface area contributed by atoms with Gasteiger partial charge in [0.15, 0.2) is 5.82 Å². The first kappa shape index (κ1) is 12.4. The van der Waals surface area contributed by atoms with Crippen molar-refractivity contribution in [2.75, 3.05) is 0 Å². The molecule has 4 nitrogen and oxygen atoms in total. The third kappa shape index (κ3) is 2.29. The highest BCUT2D eigenvalue weighted by Gasteiger charge is 2.33. The summed E-state index contributed by atoms with van der Waals surface area (Å²) in [6.45, 7) is 1.87. The zero-order valence-corrected chi connectivity index (χ0v) is 9.45. The molecule has 0 fully saturated rings. The fourth-order valence-electron chi connectivity index (χ4n) is 1.50. The van der Waals surface area contributed by atoms with E-state index < -0.39 is 17.4 Å². The van der Waals surface area contributed by atoms with Crippen molar-refractivity contribution in [2.24, 2.45) is 0 Å². The van der Waals surface area contributed by atoms with Crippen molar-refractivity contribution >= 4 is 0 Å². The van der Waals surface area contributed by atoms with Gasteiger partial charge in [0.25, 0.3) is 5.56 Å². The third-order valence-electron chi connectivity index (χ3n) is 2.41. The summed E-state index contributed by atoms with van der Waals surface area (Å²) in [4.78, 5) is 15.6. The number of hydrogen-bond donors (Lipinski definition) is 1. The summed E-state index contributed by atoms with van der Waals surface area (Å²) in [5.74, 6) is 0.148. The Bertz CT molecular complexity index is 612. The van der Waals surface area contributed by atoms with Crippen LogP contribution < -0.4 is 5.56 Å². The molecule has 0 saturated heterocycles. The Kier molecular flexibility index (Phi) is 2.98. The number of H-pyrrole nitrogens is 1. The van der Waals surface area contributed by atoms with Crippen molar-refractivity contribution in [3.8, 4) is 5.82 Å². The first-order chi connectivity index (χ1) is 8.41. The number of aryl methyl sites for hydroxylation is 1. The second-order valence-corrected chi connectivity index (χ2v) is 3.68. The number of aromatic nitrogens is 3. The van der Waals surface area contributed by atoms with E-state index in [0.717, 1.165) is 4.68 Å². The van der Waals surface area contributed by atoms with Crippen molar-refractivity contribution in [3.05, 3.63) is 46.0 Å². The molecule has 0 atom stereocenters. The lowest BCUT2D eigenvalue weighted by molar-refractivity contribution is -0.141. The van der Waals surface area contributed by atoms with Crippen LogP contribution in [-0.4, -0.2) is 14.8 Å². The average Bonchev–Trinajstić information content (AvgIpc) is 2.71. The summed E-state index contributed by atoms with van der Waals surface area (Å²) >= 11 is 0. The monoisotopic (exact) mass is 257 g/mol. The molecule has 0 spiro atoms. The van der Waals surface area contributed by atoms with E-state index in [1.807, 2.05) is 12.0 Å². The van der Waals surface area contributed by atoms with Crippen molar-refractivity contribution in [1.82, 2.24) is 14.8 Å². The fraction of sp³-hybridized carbons (Fsp3) is 0.273. The molecular weight excluding hydrogens is 247 g/mol. The zero-order chi connectivity index (χ0) is 13.3. The van der Waals surface area contributed by atoms with Crippen molar-refractivity contribution in [3.63, 3.8) is 0 Å². The average molecular weight is 257 g/mol. The molecule has 0 bridgehead atoms. The predicted molar refractivity (Wildman–Crippen MR) is 58.6 cm³/mol. The lowest BCUT2D eigenvalue weighted by Crippen LogP contribution is -2.15. The van der Waals surface area contributed by atoms with Crippen LogP contribution in [0.25, 0.3) is 5.82 Å². The molecule has 0 radical (unpaired) electrons. The number of alkyl halides is 3. The van der Waals surface area contributed by atoms with Crippen LogP contribution in [0.4, 0.5) is 13.2 Å². The Morgan fingerprint density at radius 2 is 2.11 bits per heavy atom. The first-order valence-corrected chi connectivity index (χ1v) is 5.27. The molecule has 18 heavy (non-hydrogen) atoms. The normalized spacial score (nSPS) is 11.8. The molecule has 0 unspecified atom stereocenters. The highest BCUT2D eigenvalue weighted by atomic mass is 19.4. The maximum atomic E-state index is 12.4. The Hall–Kier alpha value is -2.05. The van der Waals surface area contributed by atoms with Gasteiger partial charge in [-0.1, -0.05) is 13.0 Å². The Balaban J connectivity index is 2.51. The van der Waals surface area contributed by atoms with Gasteiger partial charge in [0.2, 0.25) is 0 Å². The van der Waals surface area contributed by atoms with E-state index in [0.29, 0.717) is 18.2 Å². The first-order valence-electron chi connectivity index (χ1n) is 5.27. The van der Waals surface area contributed by atoms with Gasteiger partial charge in [-0.05, 0) is 18.6 Å². The molecule has 96 valence electrons. The minimum Gasteiger partial charge on any atom is -0.285 e. The lowest BCUT2D eigenvalue weighted by Gasteiger charge is -2.04. The number of nitrogens with one attached hydrogen (secondary N) is 1. The summed E-state index contributed by atoms with van der Waals surface area (Å²) in [5.41, 5.74) is -1.18. The number of nitrogens with zero attached hydrogens (tertiary/aromatic N) is 2. The molecule has 0 saturated carbocycles. The molecule has 0 aliphatic rings. The van der Waals surface area contributed by atoms with Crippen LogP contribution in [0.2, 0.25) is 0 Å². The maximum Gasteiger partial charge on any atom is 0.432 e. The Morgan fingerprint density at radius 1 is 1.39 bits per heavy atom. The topological polar surface area (TPSA) is 50.7 Å². The Labute approximate surface area is 100 Å². The fourth-order valence-corrected chi connectivity index (χ4v) is 1.50. The molecule has 0 aliphatic heterocycles. The van der Waals surface area contributed by atoms with Crippen LogP contribution in [0.3, 0.4) is 0 Å². The van der Waals surface area contributed by atoms with Crippen LogP contribution in [0.5, 0.6) is 0 Å². The van der Waals surface area contributed by atoms with E-state index in [2.05, 4.69) is 4.98 Å². The molecule has 0 aliphatic carbocycles. The largest absolute Gasteiger partial charge is 0.432 e. The van der Waals surface area contributed by atoms with Gasteiger partial charge in [0.05, 0.1) is 0 Å². The third-order valence-corrected chi connectivity index (χ3v) is 2.41. The van der Waals surface area contributed by atoms with Gasteiger partial charge < -0.3 is 0 Å². The second kappa shape index (κ2) is 4.32. The van der Waals surface area contributed by atoms with Gasteiger partial charge in [-0.3, -0.25) is 9.89 Å². The minimum absolute atomic E-state index is 0.148. The predicted octanol–water partition coefficient (Wildman–Crippen LogP) is 2.14. The van der Waals surface area contributed by atoms with E-state index in [-0.39, 0.29) is 5.82 Å². The summed E-state index contributed by atoms with van der Waals surface area (Å²) in [5, 5.41) is 2.01. The van der Waals surface area contributed by atoms with E-state index in [1.54, 1.807) is 12.1 Å². The second-order valence-electron chi connectivity index (χ2n) is 3.68. The molecule has 7 heteroatoms. The number of rotatable bonds is 2. The standard InChI is InChI=1S/C11H10F3N3O/c1-2-7-4-3-5-9(15-7)17-10(18)6-8(16-17)11(12,13)14/h3-6,16H,2H2,1H3. The smallest absolute Gasteiger partial charge is 0.285 e. The summed E-state index contributed by atoms with van der Waals surface area (Å²) < 4.78 is 38.1. The molecule has 2 aromatic rings. The molecule has 2 heterocycles. The molecule has 0 aromatic carbocycles. The summed E-state index contributed by atoms with van der Waals surface area (Å²) in [7, 11) is 0. The van der Waals surface area contributed by atoms with Gasteiger partial charge in [0, 0.05) is 11.8 Å². The number of hydrogen-bond acceptors (Lipinski definition) is 2. The molecule has 1 N–H and O–H groups in total. The van der Waals surface area contributed by atoms with Crippen molar-refractivity contribution < 1.29 is 13.2 Å². The van der Waals surface area contributed by atoms with Gasteiger partial charge in [-0.25, -0.2) is 9.67 Å². The van der Waals surface area contributed by atoms with Gasteiger partial charge in [-0.15, -0.1) is 0 Å². The number of aromatic amines is 1. The van der Waals surface area contributed by atoms with Crippen LogP contribution >= 0.6 is 0 Å². The maximum absolute atomic E-state index is 12.4. The van der Waals surface area contributed by atoms with Gasteiger partial charge in [-0.2, -0.15) is 13.2 Å². The van der Waals surface area contributed by atoms with E-state index in [1.165, 1.54) is 6.07 Å². The van der Waals surface area contributed by atoms with E-state index >= 15 is 0 Å². The van der Waals surface area contributed by atoms with Gasteiger partial charge in [0.1, 0.15) is 5.69 Å². The zero-order valence-electron chi connectivity index (χ0n) is 9.45. The molecule has 2 rings (SSSR count). The lowest BCUT2D eigenvalue weighted by atomic mass is 10.3. The van der Waals surface area contributed by atoms with Crippen LogP contribution in [0.1, 0.15) is 18.3 Å². The number of halogens is 3. The molecular formula is C11H10F3N3O. The number of pyridine rings is 1. The summed E-state index contributed by atoms with van der Waals surface area (Å²) in [6.07, 6.45) is -3.94. The van der Waals surface area contributed by atoms with Crippen molar-refractivity contribution in [1.29, 1.82) is 0 Å². The van der Waals surface area contributed by atoms with E-state index in [9.17, 15) is 18.0 Å². The highest BCUT2D eigenvalue weighted by Crippen LogP contribution is 2.26. The van der Waals surface area contributed by atoms with Crippen LogP contribution in [0.15, 0.2) is 29.1 Å².